The lowest BCUT2D eigenvalue weighted by atomic mass is 9.88. The standard InChI is InChI=1S/C120H188O15/c1-9-15-19-23-27-31-35-39-43-47-51-55-59-63-67-71-79-128-117-104-83-100(95-132-112(122)13-5)85-106(117)93-110-89-103(98-135-116(126)78-77-114(124)127-8)90-111(120(110)131-82-74-70-66-62-58-54-50-46-42-38-34-30-26-22-18-12-4)94-107-86-101(96-133-113(123)14-6)84-105(118(107)129-80-72-68-64-60-56-52-48-44-40-36-32-28-24-20-16-10-2)92-109-88-102(97-134-115(125)76-75-99(7)121)87-108(91-104)119(109)130-81-73-69-65-61-57-53-49-45-41-37-33-29-25-21-17-11-3/h13-14,75-78,83-90H,5-6,9-12,15-74,79-82,91-98H2,1-4,7-8H3/b76-75-,78-77-. The summed E-state index contributed by atoms with van der Waals surface area (Å²) in [6.45, 7) is 19.3. The fourth-order valence-electron chi connectivity index (χ4n) is 18.8. The summed E-state index contributed by atoms with van der Waals surface area (Å²) in [5, 5.41) is 0. The van der Waals surface area contributed by atoms with Gasteiger partial charge in [-0.15, -0.1) is 0 Å². The molecule has 4 aromatic carbocycles. The van der Waals surface area contributed by atoms with E-state index in [1.807, 2.05) is 0 Å². The number of hydrogen-bond donors (Lipinski definition) is 0. The van der Waals surface area contributed by atoms with Gasteiger partial charge in [-0.3, -0.25) is 4.79 Å². The van der Waals surface area contributed by atoms with Crippen LogP contribution in [0.5, 0.6) is 23.0 Å². The van der Waals surface area contributed by atoms with Gasteiger partial charge in [0.05, 0.1) is 33.5 Å². The van der Waals surface area contributed by atoms with Crippen molar-refractivity contribution < 1.29 is 71.4 Å². The minimum absolute atomic E-state index is 0.0772. The quantitative estimate of drug-likeness (QED) is 0.0155. The molecule has 0 spiro atoms. The number of benzene rings is 4. The maximum atomic E-state index is 13.7. The molecule has 0 unspecified atom stereocenters. The lowest BCUT2D eigenvalue weighted by Gasteiger charge is -2.25. The highest BCUT2D eigenvalue weighted by Gasteiger charge is 2.27. The minimum atomic E-state index is -0.725. The molecule has 0 aliphatic heterocycles. The van der Waals surface area contributed by atoms with Crippen LogP contribution in [0.25, 0.3) is 0 Å². The summed E-state index contributed by atoms with van der Waals surface area (Å²) in [4.78, 5) is 78.8. The molecule has 0 N–H and O–H groups in total. The van der Waals surface area contributed by atoms with Crippen molar-refractivity contribution in [3.05, 3.63) is 165 Å². The van der Waals surface area contributed by atoms with Crippen LogP contribution < -0.4 is 18.9 Å². The summed E-state index contributed by atoms with van der Waals surface area (Å²) in [6, 6.07) is 16.5. The first-order valence-corrected chi connectivity index (χ1v) is 55.2. The molecule has 0 heterocycles. The van der Waals surface area contributed by atoms with E-state index >= 15 is 0 Å². The van der Waals surface area contributed by atoms with Crippen molar-refractivity contribution in [1.82, 2.24) is 0 Å². The molecular weight excluding hydrogens is 1680 g/mol. The lowest BCUT2D eigenvalue weighted by molar-refractivity contribution is -0.140. The number of hydrogen-bond acceptors (Lipinski definition) is 15. The van der Waals surface area contributed by atoms with E-state index in [1.165, 1.54) is 347 Å². The second-order valence-corrected chi connectivity index (χ2v) is 38.9. The second-order valence-electron chi connectivity index (χ2n) is 38.9. The van der Waals surface area contributed by atoms with Crippen molar-refractivity contribution in [3.8, 4) is 23.0 Å². The van der Waals surface area contributed by atoms with E-state index in [1.54, 1.807) is 0 Å². The zero-order valence-electron chi connectivity index (χ0n) is 86.4. The molecule has 0 saturated carbocycles. The number of methoxy groups -OCH3 is 1. The molecule has 0 fully saturated rings. The van der Waals surface area contributed by atoms with Gasteiger partial charge < -0.3 is 42.6 Å². The van der Waals surface area contributed by atoms with Gasteiger partial charge in [0.2, 0.25) is 0 Å². The number of fused-ring (bicyclic) bond motifs is 8. The molecule has 15 heteroatoms. The summed E-state index contributed by atoms with van der Waals surface area (Å²) >= 11 is 0. The summed E-state index contributed by atoms with van der Waals surface area (Å²) in [6.07, 6.45) is 87.2. The molecule has 8 bridgehead atoms. The molecule has 758 valence electrons. The van der Waals surface area contributed by atoms with Crippen LogP contribution in [0.3, 0.4) is 0 Å². The molecule has 0 atom stereocenters. The molecule has 4 aromatic rings. The van der Waals surface area contributed by atoms with Crippen molar-refractivity contribution in [2.24, 2.45) is 0 Å². The SMILES string of the molecule is C=CC(=O)OCc1cc2c(OCCCCCCCCCCCCCCCCCC)c(c1)Cc1cc(COC(=O)/C=C\C(=O)OC)cc(c1OCCCCCCCCCCCCCCCCCC)Cc1cc(COC(=O)C=C)cc(c1OCCCCCCCCCCCCCCCCCC)Cc1cc(COC(=O)/C=C\C(C)=O)cc(c1OCCCCCCCCCCCCCCCCCC)C2. The highest BCUT2D eigenvalue weighted by Crippen LogP contribution is 2.43. The number of ketones is 1. The van der Waals surface area contributed by atoms with Crippen molar-refractivity contribution in [2.45, 2.75) is 498 Å². The van der Waals surface area contributed by atoms with Crippen LogP contribution >= 0.6 is 0 Å². The fourth-order valence-corrected chi connectivity index (χ4v) is 18.8. The smallest absolute Gasteiger partial charge is 0.331 e. The number of carbonyl (C=O) groups excluding carboxylic acids is 6. The normalized spacial score (nSPS) is 11.9. The van der Waals surface area contributed by atoms with Crippen molar-refractivity contribution in [2.75, 3.05) is 33.5 Å². The lowest BCUT2D eigenvalue weighted by Crippen LogP contribution is -2.13. The molecule has 15 nitrogen and oxygen atoms in total. The summed E-state index contributed by atoms with van der Waals surface area (Å²) in [7, 11) is 1.26. The van der Waals surface area contributed by atoms with E-state index in [0.717, 1.165) is 159 Å². The van der Waals surface area contributed by atoms with Crippen LogP contribution in [0.1, 0.15) is 512 Å². The molecule has 135 heavy (non-hydrogen) atoms. The highest BCUT2D eigenvalue weighted by atomic mass is 16.5. The molecule has 0 radical (unpaired) electrons. The van der Waals surface area contributed by atoms with E-state index in [4.69, 9.17) is 42.6 Å². The number of rotatable bonds is 86. The fraction of sp³-hybridized carbons (Fsp3) is 0.683. The Morgan fingerprint density at radius 2 is 0.385 bits per heavy atom. The van der Waals surface area contributed by atoms with Gasteiger partial charge in [0.1, 0.15) is 49.4 Å². The Bertz CT molecular complexity index is 3730. The van der Waals surface area contributed by atoms with Crippen LogP contribution in [-0.4, -0.2) is 69.2 Å². The van der Waals surface area contributed by atoms with Gasteiger partial charge in [-0.25, -0.2) is 24.0 Å². The zero-order valence-corrected chi connectivity index (χ0v) is 86.4. The first-order chi connectivity index (χ1) is 66.2. The predicted octanol–water partition coefficient (Wildman–Crippen LogP) is 33.3. The first-order valence-electron chi connectivity index (χ1n) is 55.2. The Morgan fingerprint density at radius 3 is 0.548 bits per heavy atom. The molecular formula is C120H188O15. The number of allylic oxidation sites excluding steroid dienone is 1. The maximum absolute atomic E-state index is 13.7. The average molecular weight is 1870 g/mol. The monoisotopic (exact) mass is 1870 g/mol. The second kappa shape index (κ2) is 79.9. The van der Waals surface area contributed by atoms with E-state index in [9.17, 15) is 28.8 Å². The molecule has 1 aliphatic carbocycles. The topological polar surface area (TPSA) is 185 Å². The largest absolute Gasteiger partial charge is 0.493 e. The van der Waals surface area contributed by atoms with Crippen molar-refractivity contribution in [1.29, 1.82) is 0 Å². The van der Waals surface area contributed by atoms with Gasteiger partial charge in [-0.05, 0) is 154 Å². The van der Waals surface area contributed by atoms with Gasteiger partial charge in [0, 0.05) is 56.1 Å². The average Bonchev–Trinajstić information content (AvgIpc) is 0.770. The van der Waals surface area contributed by atoms with E-state index in [-0.39, 0.29) is 57.9 Å². The maximum Gasteiger partial charge on any atom is 0.331 e. The van der Waals surface area contributed by atoms with Crippen LogP contribution in [0, 0.1) is 0 Å². The third-order valence-electron chi connectivity index (χ3n) is 26.6. The van der Waals surface area contributed by atoms with E-state index in [0.29, 0.717) is 71.7 Å². The molecule has 1 aliphatic rings. The third kappa shape index (κ3) is 57.3. The number of esters is 5. The van der Waals surface area contributed by atoms with Gasteiger partial charge in [-0.2, -0.15) is 0 Å². The highest BCUT2D eigenvalue weighted by molar-refractivity contribution is 5.94. The zero-order chi connectivity index (χ0) is 96.7. The molecule has 0 saturated heterocycles. The van der Waals surface area contributed by atoms with Crippen LogP contribution in [-0.2, 0) is 105 Å². The Hall–Kier alpha value is -7.94. The Kier molecular flexibility index (Phi) is 69.6. The number of unbranched alkanes of at least 4 members (excludes halogenated alkanes) is 60. The Balaban J connectivity index is 1.72. The van der Waals surface area contributed by atoms with Crippen molar-refractivity contribution >= 4 is 35.6 Å². The predicted molar refractivity (Wildman–Crippen MR) is 558 cm³/mol. The summed E-state index contributed by atoms with van der Waals surface area (Å²) in [5.41, 5.74) is 9.24. The third-order valence-corrected chi connectivity index (χ3v) is 26.6. The Morgan fingerprint density at radius 1 is 0.230 bits per heavy atom. The Labute approximate surface area is 821 Å². The minimum Gasteiger partial charge on any atom is -0.493 e. The summed E-state index contributed by atoms with van der Waals surface area (Å²) < 4.78 is 58.6. The first kappa shape index (κ1) is 118. The molecule has 0 amide bonds. The molecule has 0 aromatic heterocycles. The number of ether oxygens (including phenoxy) is 9. The van der Waals surface area contributed by atoms with E-state index < -0.39 is 29.8 Å². The van der Waals surface area contributed by atoms with Gasteiger partial charge >= 0.3 is 29.8 Å². The number of carbonyl (C=O) groups is 6. The van der Waals surface area contributed by atoms with E-state index in [2.05, 4.69) is 89.4 Å². The van der Waals surface area contributed by atoms with Crippen LogP contribution in [0.4, 0.5) is 0 Å². The van der Waals surface area contributed by atoms with Gasteiger partial charge in [-0.1, -0.05) is 426 Å². The van der Waals surface area contributed by atoms with Crippen LogP contribution in [0.2, 0.25) is 0 Å². The summed E-state index contributed by atoms with van der Waals surface area (Å²) in [5.74, 6) is -0.809. The van der Waals surface area contributed by atoms with Gasteiger partial charge in [0.15, 0.2) is 5.78 Å². The van der Waals surface area contributed by atoms with Crippen LogP contribution in [0.15, 0.2) is 98.1 Å². The molecule has 5 rings (SSSR count). The van der Waals surface area contributed by atoms with Crippen molar-refractivity contribution in [3.63, 3.8) is 0 Å². The van der Waals surface area contributed by atoms with Gasteiger partial charge in [0.25, 0.3) is 0 Å².